The van der Waals surface area contributed by atoms with E-state index < -0.39 is 23.6 Å². The van der Waals surface area contributed by atoms with Gasteiger partial charge in [0, 0.05) is 5.69 Å². The van der Waals surface area contributed by atoms with Gasteiger partial charge in [0.2, 0.25) is 0 Å². The summed E-state index contributed by atoms with van der Waals surface area (Å²) in [7, 11) is 0. The molecule has 0 radical (unpaired) electrons. The first-order chi connectivity index (χ1) is 13.3. The van der Waals surface area contributed by atoms with Crippen LogP contribution < -0.4 is 15.5 Å². The molecule has 2 aromatic rings. The number of nitrogens with zero attached hydrogens (tertiary/aromatic N) is 1. The molecule has 0 atom stereocenters. The summed E-state index contributed by atoms with van der Waals surface area (Å²) in [6.07, 6.45) is -1.65. The maximum atomic E-state index is 12.7. The van der Waals surface area contributed by atoms with Crippen molar-refractivity contribution in [2.24, 2.45) is 5.10 Å². The minimum absolute atomic E-state index is 0.158. The molecule has 0 saturated carbocycles. The predicted octanol–water partition coefficient (Wildman–Crippen LogP) is 3.36. The molecule has 0 heterocycles. The number of benzene rings is 2. The minimum atomic E-state index is -4.56. The van der Waals surface area contributed by atoms with Crippen LogP contribution >= 0.6 is 0 Å². The van der Waals surface area contributed by atoms with Crippen LogP contribution in [-0.2, 0) is 15.8 Å². The van der Waals surface area contributed by atoms with E-state index in [0.29, 0.717) is 17.9 Å². The van der Waals surface area contributed by atoms with Crippen LogP contribution in [0.3, 0.4) is 0 Å². The van der Waals surface area contributed by atoms with E-state index in [1.165, 1.54) is 12.3 Å². The van der Waals surface area contributed by atoms with Crippen molar-refractivity contribution >= 4 is 23.7 Å². The molecule has 146 valence electrons. The Bertz CT molecular complexity index is 878. The Morgan fingerprint density at radius 3 is 2.46 bits per heavy atom. The highest BCUT2D eigenvalue weighted by atomic mass is 19.4. The number of hydrazone groups is 1. The first-order valence-corrected chi connectivity index (χ1v) is 7.95. The lowest BCUT2D eigenvalue weighted by Gasteiger charge is -2.09. The number of anilines is 1. The van der Waals surface area contributed by atoms with Crippen molar-refractivity contribution in [2.45, 2.75) is 6.18 Å². The molecule has 28 heavy (non-hydrogen) atoms. The molecular weight excluding hydrogens is 375 g/mol. The summed E-state index contributed by atoms with van der Waals surface area (Å²) < 4.78 is 43.3. The maximum absolute atomic E-state index is 12.7. The van der Waals surface area contributed by atoms with Gasteiger partial charge in [-0.15, -0.1) is 0 Å². The van der Waals surface area contributed by atoms with Crippen LogP contribution in [0.25, 0.3) is 0 Å². The van der Waals surface area contributed by atoms with Gasteiger partial charge in [0.1, 0.15) is 12.4 Å². The van der Waals surface area contributed by atoms with Gasteiger partial charge < -0.3 is 10.1 Å². The van der Waals surface area contributed by atoms with Gasteiger partial charge in [-0.1, -0.05) is 18.7 Å². The Hall–Kier alpha value is -3.62. The molecule has 0 saturated heterocycles. The van der Waals surface area contributed by atoms with Crippen LogP contribution in [0.5, 0.6) is 5.75 Å². The second kappa shape index (κ2) is 9.36. The molecule has 2 rings (SSSR count). The summed E-state index contributed by atoms with van der Waals surface area (Å²) >= 11 is 0. The number of nitrogens with one attached hydrogen (secondary N) is 2. The molecule has 0 aromatic heterocycles. The van der Waals surface area contributed by atoms with Gasteiger partial charge in [-0.3, -0.25) is 9.59 Å². The van der Waals surface area contributed by atoms with E-state index in [1.54, 1.807) is 30.3 Å². The summed E-state index contributed by atoms with van der Waals surface area (Å²) in [4.78, 5) is 23.5. The van der Waals surface area contributed by atoms with Crippen LogP contribution in [-0.4, -0.2) is 24.6 Å². The van der Waals surface area contributed by atoms with E-state index in [-0.39, 0.29) is 5.69 Å². The Balaban J connectivity index is 1.89. The first kappa shape index (κ1) is 20.7. The molecule has 0 unspecified atom stereocenters. The average Bonchev–Trinajstić information content (AvgIpc) is 2.66. The smallest absolute Gasteiger partial charge is 0.416 e. The van der Waals surface area contributed by atoms with Crippen LogP contribution in [0.15, 0.2) is 66.3 Å². The second-order valence-corrected chi connectivity index (χ2v) is 5.40. The van der Waals surface area contributed by atoms with Gasteiger partial charge in [-0.2, -0.15) is 18.3 Å². The SMILES string of the molecule is C=CCOc1ccc(/C=N/NC(=O)C(=O)Nc2cccc(C(F)(F)F)c2)cc1. The first-order valence-electron chi connectivity index (χ1n) is 7.95. The highest BCUT2D eigenvalue weighted by Crippen LogP contribution is 2.30. The van der Waals surface area contributed by atoms with E-state index in [4.69, 9.17) is 4.74 Å². The normalized spacial score (nSPS) is 11.1. The van der Waals surface area contributed by atoms with E-state index in [9.17, 15) is 22.8 Å². The highest BCUT2D eigenvalue weighted by molar-refractivity contribution is 6.39. The third kappa shape index (κ3) is 6.27. The summed E-state index contributed by atoms with van der Waals surface area (Å²) in [5.41, 5.74) is 1.53. The Morgan fingerprint density at radius 1 is 1.11 bits per heavy atom. The van der Waals surface area contributed by atoms with Gasteiger partial charge in [0.25, 0.3) is 0 Å². The Kier molecular flexibility index (Phi) is 6.91. The monoisotopic (exact) mass is 391 g/mol. The topological polar surface area (TPSA) is 79.8 Å². The van der Waals surface area contributed by atoms with Gasteiger partial charge in [0.05, 0.1) is 11.8 Å². The number of carbonyl (C=O) groups excluding carboxylic acids is 2. The lowest BCUT2D eigenvalue weighted by atomic mass is 10.2. The van der Waals surface area contributed by atoms with E-state index in [1.807, 2.05) is 5.43 Å². The quantitative estimate of drug-likeness (QED) is 0.343. The number of hydrogen-bond donors (Lipinski definition) is 2. The molecule has 6 nitrogen and oxygen atoms in total. The van der Waals surface area contributed by atoms with Crippen molar-refractivity contribution in [3.05, 3.63) is 72.3 Å². The molecule has 0 aliphatic heterocycles. The van der Waals surface area contributed by atoms with Crippen molar-refractivity contribution in [3.63, 3.8) is 0 Å². The second-order valence-electron chi connectivity index (χ2n) is 5.40. The van der Waals surface area contributed by atoms with Gasteiger partial charge in [-0.25, -0.2) is 5.43 Å². The molecule has 0 aliphatic carbocycles. The predicted molar refractivity (Wildman–Crippen MR) is 97.9 cm³/mol. The van der Waals surface area contributed by atoms with Crippen molar-refractivity contribution in [2.75, 3.05) is 11.9 Å². The van der Waals surface area contributed by atoms with Crippen LogP contribution in [0.2, 0.25) is 0 Å². The lowest BCUT2D eigenvalue weighted by Crippen LogP contribution is -2.32. The minimum Gasteiger partial charge on any atom is -0.490 e. The van der Waals surface area contributed by atoms with E-state index in [2.05, 4.69) is 17.0 Å². The number of halogens is 3. The molecule has 2 N–H and O–H groups in total. The molecule has 0 spiro atoms. The van der Waals surface area contributed by atoms with E-state index in [0.717, 1.165) is 18.2 Å². The number of hydrogen-bond acceptors (Lipinski definition) is 4. The Morgan fingerprint density at radius 2 is 1.82 bits per heavy atom. The number of amides is 2. The molecular formula is C19H16F3N3O3. The number of alkyl halides is 3. The summed E-state index contributed by atoms with van der Waals surface area (Å²) in [6, 6.07) is 10.7. The van der Waals surface area contributed by atoms with Crippen molar-refractivity contribution in [3.8, 4) is 5.75 Å². The molecule has 0 aliphatic rings. The lowest BCUT2D eigenvalue weighted by molar-refractivity contribution is -0.137. The van der Waals surface area contributed by atoms with Crippen molar-refractivity contribution in [1.29, 1.82) is 0 Å². The fourth-order valence-electron chi connectivity index (χ4n) is 1.98. The zero-order chi connectivity index (χ0) is 20.6. The van der Waals surface area contributed by atoms with E-state index >= 15 is 0 Å². The third-order valence-electron chi connectivity index (χ3n) is 3.28. The summed E-state index contributed by atoms with van der Waals surface area (Å²) in [5.74, 6) is -1.65. The fourth-order valence-corrected chi connectivity index (χ4v) is 1.98. The molecule has 2 aromatic carbocycles. The van der Waals surface area contributed by atoms with Gasteiger partial charge in [0.15, 0.2) is 0 Å². The van der Waals surface area contributed by atoms with Crippen molar-refractivity contribution < 1.29 is 27.5 Å². The number of carbonyl (C=O) groups is 2. The molecule has 0 fully saturated rings. The number of ether oxygens (including phenoxy) is 1. The third-order valence-corrected chi connectivity index (χ3v) is 3.28. The highest BCUT2D eigenvalue weighted by Gasteiger charge is 2.30. The van der Waals surface area contributed by atoms with Crippen LogP contribution in [0.1, 0.15) is 11.1 Å². The molecule has 2 amide bonds. The zero-order valence-electron chi connectivity index (χ0n) is 14.5. The zero-order valence-corrected chi connectivity index (χ0v) is 14.5. The Labute approximate surface area is 158 Å². The molecule has 9 heteroatoms. The largest absolute Gasteiger partial charge is 0.490 e. The van der Waals surface area contributed by atoms with Gasteiger partial charge in [-0.05, 0) is 48.0 Å². The standard InChI is InChI=1S/C19H16F3N3O3/c1-2-10-28-16-8-6-13(7-9-16)12-23-25-18(27)17(26)24-15-5-3-4-14(11-15)19(20,21)22/h2-9,11-12H,1,10H2,(H,24,26)(H,25,27)/b23-12+. The van der Waals surface area contributed by atoms with Crippen LogP contribution in [0.4, 0.5) is 18.9 Å². The summed E-state index contributed by atoms with van der Waals surface area (Å²) in [6.45, 7) is 3.90. The van der Waals surface area contributed by atoms with Crippen LogP contribution in [0, 0.1) is 0 Å². The van der Waals surface area contributed by atoms with Gasteiger partial charge >= 0.3 is 18.0 Å². The fraction of sp³-hybridized carbons (Fsp3) is 0.105. The average molecular weight is 391 g/mol. The summed E-state index contributed by atoms with van der Waals surface area (Å²) in [5, 5.41) is 5.71. The van der Waals surface area contributed by atoms with Crippen molar-refractivity contribution in [1.82, 2.24) is 5.43 Å². The number of rotatable bonds is 6. The molecule has 0 bridgehead atoms. The maximum Gasteiger partial charge on any atom is 0.416 e.